The number of anilines is 1. The smallest absolute Gasteiger partial charge is 0.161 e. The van der Waals surface area contributed by atoms with Crippen LogP contribution in [-0.2, 0) is 19.9 Å². The molecule has 2 aromatic rings. The van der Waals surface area contributed by atoms with Crippen molar-refractivity contribution < 1.29 is 0 Å². The highest BCUT2D eigenvalue weighted by molar-refractivity contribution is 7.16. The third-order valence-electron chi connectivity index (χ3n) is 3.72. The van der Waals surface area contributed by atoms with Gasteiger partial charge in [-0.1, -0.05) is 13.8 Å². The van der Waals surface area contributed by atoms with Crippen LogP contribution in [0.15, 0.2) is 0 Å². The molecule has 2 heterocycles. The van der Waals surface area contributed by atoms with Gasteiger partial charge in [0.2, 0.25) is 0 Å². The van der Waals surface area contributed by atoms with Gasteiger partial charge in [-0.2, -0.15) is 5.10 Å². The molecule has 0 unspecified atom stereocenters. The van der Waals surface area contributed by atoms with Gasteiger partial charge < -0.3 is 5.73 Å². The van der Waals surface area contributed by atoms with Crippen molar-refractivity contribution in [2.75, 3.05) is 5.73 Å². The molecule has 0 fully saturated rings. The fourth-order valence-electron chi connectivity index (χ4n) is 2.70. The van der Waals surface area contributed by atoms with Gasteiger partial charge in [0.25, 0.3) is 0 Å². The van der Waals surface area contributed by atoms with Gasteiger partial charge in [-0.3, -0.25) is 0 Å². The molecule has 0 bridgehead atoms. The van der Waals surface area contributed by atoms with E-state index in [1.165, 1.54) is 29.7 Å². The fraction of sp³-hybridized carbons (Fsp3) is 0.571. The molecule has 2 aromatic heterocycles. The summed E-state index contributed by atoms with van der Waals surface area (Å²) in [6.07, 6.45) is 4.83. The predicted octanol–water partition coefficient (Wildman–Crippen LogP) is 3.13. The Morgan fingerprint density at radius 2 is 2.00 bits per heavy atom. The highest BCUT2D eigenvalue weighted by Crippen LogP contribution is 2.41. The quantitative estimate of drug-likeness (QED) is 0.916. The van der Waals surface area contributed by atoms with E-state index in [0.29, 0.717) is 5.92 Å². The second-order valence-electron chi connectivity index (χ2n) is 5.52. The zero-order valence-electron chi connectivity index (χ0n) is 11.7. The maximum Gasteiger partial charge on any atom is 0.161 e. The van der Waals surface area contributed by atoms with Gasteiger partial charge in [-0.25, -0.2) is 9.67 Å². The lowest BCUT2D eigenvalue weighted by molar-refractivity contribution is 0.694. The average Bonchev–Trinajstić information content (AvgIpc) is 2.88. The lowest BCUT2D eigenvalue weighted by Gasteiger charge is -2.12. The largest absolute Gasteiger partial charge is 0.390 e. The maximum atomic E-state index is 6.24. The van der Waals surface area contributed by atoms with E-state index in [9.17, 15) is 0 Å². The first-order chi connectivity index (χ1) is 9.08. The summed E-state index contributed by atoms with van der Waals surface area (Å²) in [5.41, 5.74) is 8.80. The lowest BCUT2D eigenvalue weighted by Crippen LogP contribution is -2.02. The number of nitrogens with zero attached hydrogens (tertiary/aromatic N) is 3. The van der Waals surface area contributed by atoms with Crippen molar-refractivity contribution in [1.29, 1.82) is 0 Å². The second kappa shape index (κ2) is 4.63. The van der Waals surface area contributed by atoms with Crippen LogP contribution in [-0.4, -0.2) is 14.8 Å². The first-order valence-electron chi connectivity index (χ1n) is 6.89. The third-order valence-corrected chi connectivity index (χ3v) is 4.84. The minimum Gasteiger partial charge on any atom is -0.390 e. The summed E-state index contributed by atoms with van der Waals surface area (Å²) in [5.74, 6) is 2.17. The number of fused-ring (bicyclic) bond motifs is 1. The Labute approximate surface area is 117 Å². The van der Waals surface area contributed by atoms with Gasteiger partial charge in [0.05, 0.1) is 10.6 Å². The van der Waals surface area contributed by atoms with Gasteiger partial charge in [0.1, 0.15) is 0 Å². The molecule has 0 spiro atoms. The average molecular weight is 276 g/mol. The van der Waals surface area contributed by atoms with Crippen molar-refractivity contribution >= 4 is 16.3 Å². The molecule has 19 heavy (non-hydrogen) atoms. The molecule has 3 rings (SSSR count). The van der Waals surface area contributed by atoms with Crippen molar-refractivity contribution in [3.63, 3.8) is 0 Å². The Morgan fingerprint density at radius 1 is 1.26 bits per heavy atom. The summed E-state index contributed by atoms with van der Waals surface area (Å²) in [4.78, 5) is 6.15. The summed E-state index contributed by atoms with van der Waals surface area (Å²) in [5, 5.41) is 5.41. The van der Waals surface area contributed by atoms with Crippen LogP contribution < -0.4 is 5.73 Å². The zero-order valence-corrected chi connectivity index (χ0v) is 12.5. The highest BCUT2D eigenvalue weighted by atomic mass is 32.1. The standard InChI is InChI=1S/C14H20N4S/c1-8(2)13-16-14(18(3)17-13)11-9-6-4-5-7-10(9)19-12(11)15/h8H,4-7,15H2,1-3H3. The number of nitrogens with two attached hydrogens (primary N) is 1. The fourth-order valence-corrected chi connectivity index (χ4v) is 3.85. The van der Waals surface area contributed by atoms with Gasteiger partial charge in [0.15, 0.2) is 11.6 Å². The summed E-state index contributed by atoms with van der Waals surface area (Å²) in [7, 11) is 1.96. The van der Waals surface area contributed by atoms with Crippen LogP contribution in [0.5, 0.6) is 0 Å². The van der Waals surface area contributed by atoms with Crippen molar-refractivity contribution in [1.82, 2.24) is 14.8 Å². The molecule has 2 N–H and O–H groups in total. The van der Waals surface area contributed by atoms with Crippen LogP contribution in [0.1, 0.15) is 48.9 Å². The number of nitrogen functional groups attached to an aromatic ring is 1. The monoisotopic (exact) mass is 276 g/mol. The Bertz CT molecular complexity index is 609. The summed E-state index contributed by atoms with van der Waals surface area (Å²) < 4.78 is 1.88. The van der Waals surface area contributed by atoms with Crippen molar-refractivity contribution in [3.8, 4) is 11.4 Å². The van der Waals surface area contributed by atoms with Crippen molar-refractivity contribution in [3.05, 3.63) is 16.3 Å². The Kier molecular flexibility index (Phi) is 3.09. The SMILES string of the molecule is CC(C)c1nc(-c2c(N)sc3c2CCCC3)n(C)n1. The number of rotatable bonds is 2. The van der Waals surface area contributed by atoms with Gasteiger partial charge in [0, 0.05) is 17.8 Å². The summed E-state index contributed by atoms with van der Waals surface area (Å²) in [6.45, 7) is 4.23. The van der Waals surface area contributed by atoms with E-state index in [0.717, 1.165) is 28.6 Å². The first-order valence-corrected chi connectivity index (χ1v) is 7.71. The molecule has 0 aromatic carbocycles. The number of aryl methyl sites for hydroxylation is 2. The van der Waals surface area contributed by atoms with E-state index >= 15 is 0 Å². The Balaban J connectivity index is 2.14. The van der Waals surface area contributed by atoms with Crippen molar-refractivity contribution in [2.24, 2.45) is 7.05 Å². The number of hydrogen-bond donors (Lipinski definition) is 1. The normalized spacial score (nSPS) is 14.9. The van der Waals surface area contributed by atoms with E-state index in [1.807, 2.05) is 11.7 Å². The molecule has 0 amide bonds. The van der Waals surface area contributed by atoms with Crippen LogP contribution in [0.25, 0.3) is 11.4 Å². The van der Waals surface area contributed by atoms with Crippen molar-refractivity contribution in [2.45, 2.75) is 45.4 Å². The van der Waals surface area contributed by atoms with E-state index in [2.05, 4.69) is 18.9 Å². The summed E-state index contributed by atoms with van der Waals surface area (Å²) in [6, 6.07) is 0. The van der Waals surface area contributed by atoms with Crippen LogP contribution >= 0.6 is 11.3 Å². The van der Waals surface area contributed by atoms with E-state index < -0.39 is 0 Å². The van der Waals surface area contributed by atoms with Crippen LogP contribution in [0.2, 0.25) is 0 Å². The highest BCUT2D eigenvalue weighted by Gasteiger charge is 2.24. The third kappa shape index (κ3) is 2.06. The van der Waals surface area contributed by atoms with E-state index in [1.54, 1.807) is 11.3 Å². The van der Waals surface area contributed by atoms with Crippen LogP contribution in [0.3, 0.4) is 0 Å². The molecule has 0 atom stereocenters. The zero-order chi connectivity index (χ0) is 13.6. The van der Waals surface area contributed by atoms with Gasteiger partial charge in [-0.05, 0) is 31.2 Å². The molecule has 1 aliphatic rings. The summed E-state index contributed by atoms with van der Waals surface area (Å²) >= 11 is 1.73. The van der Waals surface area contributed by atoms with Gasteiger partial charge >= 0.3 is 0 Å². The number of thiophene rings is 1. The predicted molar refractivity (Wildman–Crippen MR) is 79.5 cm³/mol. The van der Waals surface area contributed by atoms with E-state index in [-0.39, 0.29) is 0 Å². The first kappa shape index (κ1) is 12.7. The number of hydrogen-bond acceptors (Lipinski definition) is 4. The van der Waals surface area contributed by atoms with E-state index in [4.69, 9.17) is 10.7 Å². The minimum absolute atomic E-state index is 0.343. The maximum absolute atomic E-state index is 6.24. The molecular weight excluding hydrogens is 256 g/mol. The number of aromatic nitrogens is 3. The van der Waals surface area contributed by atoms with Crippen LogP contribution in [0, 0.1) is 0 Å². The molecule has 4 nitrogen and oxygen atoms in total. The minimum atomic E-state index is 0.343. The second-order valence-corrected chi connectivity index (χ2v) is 6.66. The molecule has 0 saturated carbocycles. The topological polar surface area (TPSA) is 56.7 Å². The Hall–Kier alpha value is -1.36. The molecule has 5 heteroatoms. The molecule has 0 saturated heterocycles. The molecule has 102 valence electrons. The molecule has 0 aliphatic heterocycles. The lowest BCUT2D eigenvalue weighted by atomic mass is 9.95. The van der Waals surface area contributed by atoms with Gasteiger partial charge in [-0.15, -0.1) is 11.3 Å². The molecule has 1 aliphatic carbocycles. The molecule has 0 radical (unpaired) electrons. The van der Waals surface area contributed by atoms with Crippen LogP contribution in [0.4, 0.5) is 5.00 Å². The Morgan fingerprint density at radius 3 is 2.68 bits per heavy atom. The molecular formula is C14H20N4S.